The van der Waals surface area contributed by atoms with Gasteiger partial charge in [0, 0.05) is 31.9 Å². The fourth-order valence-electron chi connectivity index (χ4n) is 2.45. The van der Waals surface area contributed by atoms with E-state index in [0.717, 1.165) is 38.9 Å². The van der Waals surface area contributed by atoms with E-state index in [2.05, 4.69) is 35.2 Å². The topological polar surface area (TPSA) is 41.3 Å². The average Bonchev–Trinajstić information content (AvgIpc) is 2.79. The van der Waals surface area contributed by atoms with Crippen LogP contribution in [-0.2, 0) is 13.1 Å². The zero-order chi connectivity index (χ0) is 13.4. The van der Waals surface area contributed by atoms with E-state index < -0.39 is 0 Å². The molecule has 1 aromatic heterocycles. The van der Waals surface area contributed by atoms with E-state index in [4.69, 9.17) is 0 Å². The Kier molecular flexibility index (Phi) is 6.98. The first-order valence-electron chi connectivity index (χ1n) is 7.10. The van der Waals surface area contributed by atoms with Crippen LogP contribution in [0.15, 0.2) is 12.5 Å². The summed E-state index contributed by atoms with van der Waals surface area (Å²) in [6, 6.07) is 0.544. The van der Waals surface area contributed by atoms with Crippen molar-refractivity contribution in [2.75, 3.05) is 13.2 Å². The van der Waals surface area contributed by atoms with Gasteiger partial charge in [0.2, 0.25) is 0 Å². The smallest absolute Gasteiger partial charge is 0.0948 e. The van der Waals surface area contributed by atoms with Gasteiger partial charge in [-0.05, 0) is 19.3 Å². The summed E-state index contributed by atoms with van der Waals surface area (Å²) < 4.78 is 2.22. The van der Waals surface area contributed by atoms with Gasteiger partial charge in [0.05, 0.1) is 18.6 Å². The highest BCUT2D eigenvalue weighted by atomic mass is 16.3. The maximum atomic E-state index is 9.21. The molecule has 0 aliphatic carbocycles. The average molecular weight is 253 g/mol. The summed E-state index contributed by atoms with van der Waals surface area (Å²) in [5, 5.41) is 9.21. The molecule has 0 bridgehead atoms. The van der Waals surface area contributed by atoms with E-state index in [1.165, 1.54) is 5.69 Å². The zero-order valence-corrected chi connectivity index (χ0v) is 12.0. The normalized spacial score (nSPS) is 11.7. The number of imidazole rings is 1. The lowest BCUT2D eigenvalue weighted by Crippen LogP contribution is -2.36. The molecular weight excluding hydrogens is 226 g/mol. The molecule has 0 atom stereocenters. The molecule has 4 heteroatoms. The van der Waals surface area contributed by atoms with Crippen LogP contribution in [0.25, 0.3) is 0 Å². The van der Waals surface area contributed by atoms with Crippen molar-refractivity contribution in [2.24, 2.45) is 0 Å². The summed E-state index contributed by atoms with van der Waals surface area (Å²) in [7, 11) is 0. The Morgan fingerprint density at radius 2 is 2.06 bits per heavy atom. The minimum Gasteiger partial charge on any atom is -0.395 e. The zero-order valence-electron chi connectivity index (χ0n) is 12.0. The number of hydrogen-bond donors (Lipinski definition) is 1. The second-order valence-electron chi connectivity index (χ2n) is 4.74. The molecule has 104 valence electrons. The van der Waals surface area contributed by atoms with Crippen LogP contribution in [0, 0.1) is 0 Å². The lowest BCUT2D eigenvalue weighted by molar-refractivity contribution is 0.133. The first-order chi connectivity index (χ1) is 8.76. The SMILES string of the molecule is CCCn1cncc1CN(CCO)C(CC)CC. The van der Waals surface area contributed by atoms with Gasteiger partial charge in [-0.25, -0.2) is 4.98 Å². The van der Waals surface area contributed by atoms with Gasteiger partial charge >= 0.3 is 0 Å². The number of aliphatic hydroxyl groups excluding tert-OH is 1. The first-order valence-corrected chi connectivity index (χ1v) is 7.10. The summed E-state index contributed by atoms with van der Waals surface area (Å²) in [5.74, 6) is 0. The van der Waals surface area contributed by atoms with Crippen LogP contribution >= 0.6 is 0 Å². The Morgan fingerprint density at radius 3 is 2.61 bits per heavy atom. The van der Waals surface area contributed by atoms with E-state index >= 15 is 0 Å². The Labute approximate surface area is 111 Å². The second-order valence-corrected chi connectivity index (χ2v) is 4.74. The van der Waals surface area contributed by atoms with Crippen molar-refractivity contribution in [3.8, 4) is 0 Å². The molecule has 0 radical (unpaired) electrons. The van der Waals surface area contributed by atoms with Crippen molar-refractivity contribution < 1.29 is 5.11 Å². The van der Waals surface area contributed by atoms with Crippen LogP contribution in [0.2, 0.25) is 0 Å². The van der Waals surface area contributed by atoms with Gasteiger partial charge in [-0.15, -0.1) is 0 Å². The van der Waals surface area contributed by atoms with Crippen molar-refractivity contribution in [1.29, 1.82) is 0 Å². The Balaban J connectivity index is 2.72. The van der Waals surface area contributed by atoms with Gasteiger partial charge in [0.15, 0.2) is 0 Å². The summed E-state index contributed by atoms with van der Waals surface area (Å²) in [4.78, 5) is 6.60. The quantitative estimate of drug-likeness (QED) is 0.734. The van der Waals surface area contributed by atoms with Crippen molar-refractivity contribution in [3.05, 3.63) is 18.2 Å². The molecule has 1 rings (SSSR count). The van der Waals surface area contributed by atoms with Crippen molar-refractivity contribution >= 4 is 0 Å². The predicted octanol–water partition coefficient (Wildman–Crippen LogP) is 2.28. The highest BCUT2D eigenvalue weighted by Crippen LogP contribution is 2.13. The third-order valence-corrected chi connectivity index (χ3v) is 3.47. The second kappa shape index (κ2) is 8.27. The molecule has 0 unspecified atom stereocenters. The van der Waals surface area contributed by atoms with Gasteiger partial charge in [-0.3, -0.25) is 4.90 Å². The van der Waals surface area contributed by atoms with Gasteiger partial charge in [0.1, 0.15) is 0 Å². The number of aryl methyl sites for hydroxylation is 1. The highest BCUT2D eigenvalue weighted by Gasteiger charge is 2.16. The van der Waals surface area contributed by atoms with Crippen LogP contribution < -0.4 is 0 Å². The Bertz CT molecular complexity index is 321. The molecule has 18 heavy (non-hydrogen) atoms. The fraction of sp³-hybridized carbons (Fsp3) is 0.786. The largest absolute Gasteiger partial charge is 0.395 e. The van der Waals surface area contributed by atoms with E-state index in [1.807, 2.05) is 12.5 Å². The minimum absolute atomic E-state index is 0.221. The standard InChI is InChI=1S/C14H27N3O/c1-4-7-17-12-15-10-14(17)11-16(8-9-18)13(5-2)6-3/h10,12-13,18H,4-9,11H2,1-3H3. The van der Waals surface area contributed by atoms with Crippen LogP contribution in [0.5, 0.6) is 0 Å². The van der Waals surface area contributed by atoms with Gasteiger partial charge in [0.25, 0.3) is 0 Å². The number of hydrogen-bond acceptors (Lipinski definition) is 3. The van der Waals surface area contributed by atoms with Gasteiger partial charge < -0.3 is 9.67 Å². The third-order valence-electron chi connectivity index (χ3n) is 3.47. The number of rotatable bonds is 9. The highest BCUT2D eigenvalue weighted by molar-refractivity contribution is 4.99. The van der Waals surface area contributed by atoms with Crippen LogP contribution in [-0.4, -0.2) is 38.8 Å². The molecule has 1 aromatic rings. The molecule has 4 nitrogen and oxygen atoms in total. The molecule has 1 heterocycles. The molecule has 1 N–H and O–H groups in total. The van der Waals surface area contributed by atoms with Crippen molar-refractivity contribution in [3.63, 3.8) is 0 Å². The van der Waals surface area contributed by atoms with E-state index in [0.29, 0.717) is 6.04 Å². The summed E-state index contributed by atoms with van der Waals surface area (Å²) in [6.45, 7) is 9.46. The molecule has 0 amide bonds. The Morgan fingerprint density at radius 1 is 1.33 bits per heavy atom. The summed E-state index contributed by atoms with van der Waals surface area (Å²) >= 11 is 0. The summed E-state index contributed by atoms with van der Waals surface area (Å²) in [5.41, 5.74) is 1.25. The van der Waals surface area contributed by atoms with E-state index in [-0.39, 0.29) is 6.61 Å². The van der Waals surface area contributed by atoms with Gasteiger partial charge in [-0.1, -0.05) is 20.8 Å². The monoisotopic (exact) mass is 253 g/mol. The molecule has 0 fully saturated rings. The first kappa shape index (κ1) is 15.2. The summed E-state index contributed by atoms with van der Waals surface area (Å²) in [6.07, 6.45) is 7.22. The minimum atomic E-state index is 0.221. The number of aromatic nitrogens is 2. The molecule has 0 saturated heterocycles. The number of aliphatic hydroxyl groups is 1. The molecular formula is C14H27N3O. The molecule has 0 aliphatic heterocycles. The van der Waals surface area contributed by atoms with Crippen molar-refractivity contribution in [2.45, 2.75) is 59.2 Å². The maximum Gasteiger partial charge on any atom is 0.0948 e. The predicted molar refractivity (Wildman–Crippen MR) is 74.4 cm³/mol. The molecule has 0 aliphatic rings. The van der Waals surface area contributed by atoms with Crippen LogP contribution in [0.3, 0.4) is 0 Å². The van der Waals surface area contributed by atoms with Crippen LogP contribution in [0.1, 0.15) is 45.7 Å². The van der Waals surface area contributed by atoms with Gasteiger partial charge in [-0.2, -0.15) is 0 Å². The lowest BCUT2D eigenvalue weighted by Gasteiger charge is -2.29. The lowest BCUT2D eigenvalue weighted by atomic mass is 10.1. The van der Waals surface area contributed by atoms with Crippen LogP contribution in [0.4, 0.5) is 0 Å². The molecule has 0 spiro atoms. The van der Waals surface area contributed by atoms with Crippen molar-refractivity contribution in [1.82, 2.24) is 14.5 Å². The maximum absolute atomic E-state index is 9.21. The number of nitrogens with zero attached hydrogens (tertiary/aromatic N) is 3. The fourth-order valence-corrected chi connectivity index (χ4v) is 2.45. The molecule has 0 saturated carbocycles. The Hall–Kier alpha value is -0.870. The van der Waals surface area contributed by atoms with E-state index in [1.54, 1.807) is 0 Å². The third kappa shape index (κ3) is 4.10. The van der Waals surface area contributed by atoms with E-state index in [9.17, 15) is 5.11 Å². The molecule has 0 aromatic carbocycles.